The van der Waals surface area contributed by atoms with Crippen LogP contribution in [-0.4, -0.2) is 0 Å². The van der Waals surface area contributed by atoms with Gasteiger partial charge in [0, 0.05) is 0 Å². The molecule has 0 atom stereocenters. The smallest absolute Gasteiger partial charge is 0.0401 e. The topological polar surface area (TPSA) is 0 Å². The van der Waals surface area contributed by atoms with Crippen molar-refractivity contribution in [2.45, 2.75) is 20.8 Å². The fourth-order valence-electron chi connectivity index (χ4n) is 0.359. The molecule has 0 heteroatoms. The molecule has 0 N–H and O–H groups in total. The van der Waals surface area contributed by atoms with E-state index in [1.165, 1.54) is 5.57 Å². The number of rotatable bonds is 1. The number of hydrogen-bond acceptors (Lipinski definition) is 0. The molecule has 0 saturated carbocycles. The molecular formula is C7H12. The van der Waals surface area contributed by atoms with Crippen molar-refractivity contribution in [3.63, 3.8) is 0 Å². The molecule has 0 rings (SSSR count). The van der Waals surface area contributed by atoms with E-state index in [0.717, 1.165) is 0 Å². The molecule has 0 aromatic rings. The molecule has 0 aliphatic carbocycles. The van der Waals surface area contributed by atoms with E-state index in [2.05, 4.69) is 19.1 Å². The zero-order valence-electron chi connectivity index (χ0n) is 5.23. The highest BCUT2D eigenvalue weighted by Crippen LogP contribution is 1.91. The van der Waals surface area contributed by atoms with Crippen molar-refractivity contribution < 1.29 is 0 Å². The summed E-state index contributed by atoms with van der Waals surface area (Å²) in [5.41, 5.74) is 1.32. The Hall–Kier alpha value is -0.520. The van der Waals surface area contributed by atoms with E-state index in [1.54, 1.807) is 0 Å². The van der Waals surface area contributed by atoms with E-state index in [-0.39, 0.29) is 0 Å². The third kappa shape index (κ3) is 3.31. The van der Waals surface area contributed by atoms with Gasteiger partial charge in [0.15, 0.2) is 0 Å². The van der Waals surface area contributed by atoms with E-state index in [1.807, 2.05) is 19.9 Å². The van der Waals surface area contributed by atoms with E-state index in [0.29, 0.717) is 0 Å². The van der Waals surface area contributed by atoms with Gasteiger partial charge in [-0.2, -0.15) is 0 Å². The molecule has 0 aliphatic rings. The van der Waals surface area contributed by atoms with Crippen molar-refractivity contribution in [2.24, 2.45) is 0 Å². The summed E-state index contributed by atoms with van der Waals surface area (Å²) in [6.07, 6.45) is 6.20. The summed E-state index contributed by atoms with van der Waals surface area (Å²) in [5, 5.41) is 0. The maximum Gasteiger partial charge on any atom is -0.0401 e. The molecule has 7 heavy (non-hydrogen) atoms. The molecule has 0 saturated heterocycles. The van der Waals surface area contributed by atoms with Crippen LogP contribution in [0.4, 0.5) is 0 Å². The molecule has 0 aliphatic heterocycles. The molecule has 0 unspecified atom stereocenters. The van der Waals surface area contributed by atoms with Crippen molar-refractivity contribution in [1.29, 1.82) is 0 Å². The minimum Gasteiger partial charge on any atom is -0.0874 e. The van der Waals surface area contributed by atoms with Crippen LogP contribution in [0.25, 0.3) is 0 Å². The monoisotopic (exact) mass is 96.1 g/mol. The Labute approximate surface area is 45.5 Å². The quantitative estimate of drug-likeness (QED) is 0.440. The van der Waals surface area contributed by atoms with Gasteiger partial charge in [-0.05, 0) is 20.8 Å². The highest BCUT2D eigenvalue weighted by molar-refractivity contribution is 5.13. The highest BCUT2D eigenvalue weighted by atomic mass is 13.8. The lowest BCUT2D eigenvalue weighted by Crippen LogP contribution is -1.60. The zero-order chi connectivity index (χ0) is 5.70. The van der Waals surface area contributed by atoms with Gasteiger partial charge in [-0.3, -0.25) is 0 Å². The average molecular weight is 96.2 g/mol. The molecular weight excluding hydrogens is 84.1 g/mol. The third-order valence-electron chi connectivity index (χ3n) is 0.885. The first-order valence-electron chi connectivity index (χ1n) is 2.57. The molecule has 40 valence electrons. The van der Waals surface area contributed by atoms with E-state index in [9.17, 15) is 0 Å². The van der Waals surface area contributed by atoms with Crippen LogP contribution in [0.5, 0.6) is 0 Å². The van der Waals surface area contributed by atoms with Crippen LogP contribution in [0.2, 0.25) is 0 Å². The summed E-state index contributed by atoms with van der Waals surface area (Å²) < 4.78 is 0. The Bertz CT molecular complexity index is 86.2. The van der Waals surface area contributed by atoms with Gasteiger partial charge in [-0.25, -0.2) is 0 Å². The van der Waals surface area contributed by atoms with Crippen molar-refractivity contribution in [3.8, 4) is 0 Å². The second-order valence-electron chi connectivity index (χ2n) is 1.53. The van der Waals surface area contributed by atoms with Gasteiger partial charge in [0.1, 0.15) is 0 Å². The Kier molecular flexibility index (Phi) is 3.39. The Morgan fingerprint density at radius 1 is 1.29 bits per heavy atom. The molecule has 0 bridgehead atoms. The molecule has 0 fully saturated rings. The summed E-state index contributed by atoms with van der Waals surface area (Å²) >= 11 is 0. The molecule has 0 spiro atoms. The Balaban J connectivity index is 3.58. The van der Waals surface area contributed by atoms with Gasteiger partial charge < -0.3 is 0 Å². The number of allylic oxidation sites excluding steroid dienone is 4. The second kappa shape index (κ2) is 3.66. The Morgan fingerprint density at radius 2 is 1.86 bits per heavy atom. The second-order valence-corrected chi connectivity index (χ2v) is 1.53. The van der Waals surface area contributed by atoms with Gasteiger partial charge in [0.25, 0.3) is 0 Å². The van der Waals surface area contributed by atoms with Gasteiger partial charge in [-0.15, -0.1) is 0 Å². The van der Waals surface area contributed by atoms with Gasteiger partial charge in [0.2, 0.25) is 0 Å². The lowest BCUT2D eigenvalue weighted by atomic mass is 10.3. The minimum atomic E-state index is 1.32. The predicted octanol–water partition coefficient (Wildman–Crippen LogP) is 2.53. The fraction of sp³-hybridized carbons (Fsp3) is 0.429. The van der Waals surface area contributed by atoms with E-state index >= 15 is 0 Å². The van der Waals surface area contributed by atoms with Crippen LogP contribution >= 0.6 is 0 Å². The number of hydrogen-bond donors (Lipinski definition) is 0. The lowest BCUT2D eigenvalue weighted by molar-refractivity contribution is 1.46. The molecule has 0 aromatic heterocycles. The SMILES string of the molecule is CC=C/C(C)=C/C. The van der Waals surface area contributed by atoms with E-state index in [4.69, 9.17) is 0 Å². The minimum absolute atomic E-state index is 1.32. The third-order valence-corrected chi connectivity index (χ3v) is 0.885. The van der Waals surface area contributed by atoms with Crippen LogP contribution < -0.4 is 0 Å². The van der Waals surface area contributed by atoms with Gasteiger partial charge in [0.05, 0.1) is 0 Å². The van der Waals surface area contributed by atoms with Crippen molar-refractivity contribution in [2.75, 3.05) is 0 Å². The van der Waals surface area contributed by atoms with E-state index < -0.39 is 0 Å². The summed E-state index contributed by atoms with van der Waals surface area (Å²) in [4.78, 5) is 0. The summed E-state index contributed by atoms with van der Waals surface area (Å²) in [6.45, 7) is 6.14. The van der Waals surface area contributed by atoms with Gasteiger partial charge in [-0.1, -0.05) is 23.8 Å². The zero-order valence-corrected chi connectivity index (χ0v) is 5.23. The standard InChI is InChI=1S/C7H12/c1-4-6-7(3)5-2/h4-6H,1-3H3/b6-4?,7-5+. The lowest BCUT2D eigenvalue weighted by Gasteiger charge is -1.81. The van der Waals surface area contributed by atoms with Gasteiger partial charge >= 0.3 is 0 Å². The van der Waals surface area contributed by atoms with Crippen molar-refractivity contribution in [1.82, 2.24) is 0 Å². The summed E-state index contributed by atoms with van der Waals surface area (Å²) in [6, 6.07) is 0. The van der Waals surface area contributed by atoms with Crippen LogP contribution in [0.1, 0.15) is 20.8 Å². The maximum atomic E-state index is 2.08. The van der Waals surface area contributed by atoms with Crippen molar-refractivity contribution in [3.05, 3.63) is 23.8 Å². The maximum absolute atomic E-state index is 2.08. The average Bonchev–Trinajstić information content (AvgIpc) is 1.68. The fourth-order valence-corrected chi connectivity index (χ4v) is 0.359. The predicted molar refractivity (Wildman–Crippen MR) is 34.2 cm³/mol. The molecule has 0 radical (unpaired) electrons. The molecule has 0 amide bonds. The van der Waals surface area contributed by atoms with Crippen molar-refractivity contribution >= 4 is 0 Å². The first-order valence-corrected chi connectivity index (χ1v) is 2.57. The molecule has 0 nitrogen and oxygen atoms in total. The first kappa shape index (κ1) is 6.48. The summed E-state index contributed by atoms with van der Waals surface area (Å²) in [7, 11) is 0. The van der Waals surface area contributed by atoms with Crippen LogP contribution in [0, 0.1) is 0 Å². The molecule has 0 heterocycles. The largest absolute Gasteiger partial charge is 0.0874 e. The summed E-state index contributed by atoms with van der Waals surface area (Å²) in [5.74, 6) is 0. The van der Waals surface area contributed by atoms with Crippen LogP contribution in [-0.2, 0) is 0 Å². The first-order chi connectivity index (χ1) is 3.31. The normalized spacial score (nSPS) is 13.3. The Morgan fingerprint density at radius 3 is 2.00 bits per heavy atom. The van der Waals surface area contributed by atoms with Crippen LogP contribution in [0.15, 0.2) is 23.8 Å². The highest BCUT2D eigenvalue weighted by Gasteiger charge is 1.69. The molecule has 0 aromatic carbocycles. The van der Waals surface area contributed by atoms with Crippen LogP contribution in [0.3, 0.4) is 0 Å².